The molecule has 0 amide bonds. The predicted molar refractivity (Wildman–Crippen MR) is 124 cm³/mol. The summed E-state index contributed by atoms with van der Waals surface area (Å²) < 4.78 is 25.9. The van der Waals surface area contributed by atoms with Crippen LogP contribution in [0, 0.1) is 19.7 Å². The third-order valence-electron chi connectivity index (χ3n) is 4.80. The van der Waals surface area contributed by atoms with Crippen molar-refractivity contribution >= 4 is 33.2 Å². The van der Waals surface area contributed by atoms with Gasteiger partial charge in [-0.05, 0) is 73.9 Å². The maximum Gasteiger partial charge on any atom is 0.162 e. The summed E-state index contributed by atoms with van der Waals surface area (Å²) in [6, 6.07) is 14.4. The van der Waals surface area contributed by atoms with Gasteiger partial charge in [-0.2, -0.15) is 0 Å². The molecule has 0 spiro atoms. The van der Waals surface area contributed by atoms with E-state index in [0.717, 1.165) is 15.7 Å². The van der Waals surface area contributed by atoms with Gasteiger partial charge < -0.3 is 14.8 Å². The molecule has 0 unspecified atom stereocenters. The monoisotopic (exact) mass is 491 g/mol. The number of rotatable bonds is 8. The Morgan fingerprint density at radius 1 is 0.933 bits per heavy atom. The van der Waals surface area contributed by atoms with E-state index >= 15 is 0 Å². The molecule has 0 radical (unpaired) electrons. The van der Waals surface area contributed by atoms with Crippen LogP contribution in [0.15, 0.2) is 53.0 Å². The molecule has 158 valence electrons. The van der Waals surface area contributed by atoms with E-state index in [-0.39, 0.29) is 12.4 Å². The van der Waals surface area contributed by atoms with Gasteiger partial charge in [-0.25, -0.2) is 4.39 Å². The Morgan fingerprint density at radius 2 is 1.70 bits per heavy atom. The van der Waals surface area contributed by atoms with Crippen molar-refractivity contribution < 1.29 is 13.9 Å². The van der Waals surface area contributed by atoms with Crippen molar-refractivity contribution in [3.05, 3.63) is 86.1 Å². The highest BCUT2D eigenvalue weighted by Gasteiger charge is 2.12. The Kier molecular flexibility index (Phi) is 7.62. The van der Waals surface area contributed by atoms with Crippen LogP contribution in [0.25, 0.3) is 0 Å². The summed E-state index contributed by atoms with van der Waals surface area (Å²) in [6.07, 6.45) is 0. The minimum atomic E-state index is -0.373. The van der Waals surface area contributed by atoms with Crippen LogP contribution < -0.4 is 14.8 Å². The normalized spacial score (nSPS) is 10.7. The SMILES string of the molecule is CCOc1cc(CNc2ccc(C)c(C)c2)c(Br)cc1OCc1ccc(F)cc1Cl. The lowest BCUT2D eigenvalue weighted by molar-refractivity contribution is 0.269. The number of anilines is 1. The molecule has 0 aromatic heterocycles. The number of hydrogen-bond acceptors (Lipinski definition) is 3. The average molecular weight is 493 g/mol. The Hall–Kier alpha value is -2.24. The molecule has 0 saturated carbocycles. The van der Waals surface area contributed by atoms with E-state index in [2.05, 4.69) is 53.3 Å². The number of hydrogen-bond donors (Lipinski definition) is 1. The molecular weight excluding hydrogens is 469 g/mol. The molecule has 0 saturated heterocycles. The second-order valence-corrected chi connectivity index (χ2v) is 8.26. The van der Waals surface area contributed by atoms with E-state index in [4.69, 9.17) is 21.1 Å². The van der Waals surface area contributed by atoms with Crippen molar-refractivity contribution in [2.45, 2.75) is 33.9 Å². The fraction of sp³-hybridized carbons (Fsp3) is 0.250. The molecule has 0 aliphatic heterocycles. The van der Waals surface area contributed by atoms with Gasteiger partial charge in [0.15, 0.2) is 11.5 Å². The van der Waals surface area contributed by atoms with E-state index < -0.39 is 0 Å². The summed E-state index contributed by atoms with van der Waals surface area (Å²) >= 11 is 9.74. The number of halogens is 3. The van der Waals surface area contributed by atoms with Gasteiger partial charge in [-0.1, -0.05) is 39.7 Å². The van der Waals surface area contributed by atoms with Crippen LogP contribution in [0.3, 0.4) is 0 Å². The van der Waals surface area contributed by atoms with E-state index in [1.54, 1.807) is 6.07 Å². The van der Waals surface area contributed by atoms with Crippen LogP contribution in [0.2, 0.25) is 5.02 Å². The topological polar surface area (TPSA) is 30.5 Å². The van der Waals surface area contributed by atoms with Crippen LogP contribution in [0.1, 0.15) is 29.2 Å². The highest BCUT2D eigenvalue weighted by molar-refractivity contribution is 9.10. The van der Waals surface area contributed by atoms with Gasteiger partial charge in [0.2, 0.25) is 0 Å². The molecule has 0 atom stereocenters. The first kappa shape index (κ1) is 22.4. The smallest absolute Gasteiger partial charge is 0.162 e. The van der Waals surface area contributed by atoms with E-state index in [1.165, 1.54) is 23.3 Å². The summed E-state index contributed by atoms with van der Waals surface area (Å²) in [5.74, 6) is 0.872. The molecule has 3 aromatic rings. The largest absolute Gasteiger partial charge is 0.490 e. The maximum atomic E-state index is 13.3. The third kappa shape index (κ3) is 5.67. The van der Waals surface area contributed by atoms with Gasteiger partial charge in [0, 0.05) is 22.3 Å². The zero-order valence-electron chi connectivity index (χ0n) is 17.2. The van der Waals surface area contributed by atoms with E-state index in [1.807, 2.05) is 19.1 Å². The standard InChI is InChI=1S/C24H24BrClFNO2/c1-4-29-23-10-18(13-28-20-8-5-15(2)16(3)9-20)21(25)12-24(23)30-14-17-6-7-19(27)11-22(17)26/h5-12,28H,4,13-14H2,1-3H3. The maximum absolute atomic E-state index is 13.3. The summed E-state index contributed by atoms with van der Waals surface area (Å²) in [7, 11) is 0. The number of aryl methyl sites for hydroxylation is 2. The van der Waals surface area contributed by atoms with Crippen LogP contribution >= 0.6 is 27.5 Å². The van der Waals surface area contributed by atoms with Crippen LogP contribution in [-0.4, -0.2) is 6.61 Å². The zero-order chi connectivity index (χ0) is 21.7. The Bertz CT molecular complexity index is 1040. The third-order valence-corrected chi connectivity index (χ3v) is 5.89. The molecule has 1 N–H and O–H groups in total. The molecule has 0 aliphatic rings. The lowest BCUT2D eigenvalue weighted by Crippen LogP contribution is -2.04. The van der Waals surface area contributed by atoms with Crippen molar-refractivity contribution in [1.82, 2.24) is 0 Å². The van der Waals surface area contributed by atoms with Crippen molar-refractivity contribution in [2.75, 3.05) is 11.9 Å². The molecule has 0 bridgehead atoms. The quantitative estimate of drug-likeness (QED) is 0.354. The van der Waals surface area contributed by atoms with Gasteiger partial charge >= 0.3 is 0 Å². The minimum Gasteiger partial charge on any atom is -0.490 e. The van der Waals surface area contributed by atoms with Gasteiger partial charge in [0.05, 0.1) is 11.6 Å². The molecular formula is C24H24BrClFNO2. The second kappa shape index (κ2) is 10.2. The number of ether oxygens (including phenoxy) is 2. The Labute approximate surface area is 190 Å². The average Bonchev–Trinajstić information content (AvgIpc) is 2.70. The van der Waals surface area contributed by atoms with Gasteiger partial charge in [-0.3, -0.25) is 0 Å². The summed E-state index contributed by atoms with van der Waals surface area (Å²) in [4.78, 5) is 0. The first-order valence-corrected chi connectivity index (χ1v) is 10.9. The lowest BCUT2D eigenvalue weighted by Gasteiger charge is -2.16. The van der Waals surface area contributed by atoms with Crippen molar-refractivity contribution in [1.29, 1.82) is 0 Å². The molecule has 0 fully saturated rings. The number of benzene rings is 3. The fourth-order valence-electron chi connectivity index (χ4n) is 2.94. The second-order valence-electron chi connectivity index (χ2n) is 7.00. The van der Waals surface area contributed by atoms with Crippen LogP contribution in [-0.2, 0) is 13.2 Å². The van der Waals surface area contributed by atoms with Crippen LogP contribution in [0.4, 0.5) is 10.1 Å². The highest BCUT2D eigenvalue weighted by atomic mass is 79.9. The van der Waals surface area contributed by atoms with Crippen molar-refractivity contribution in [3.63, 3.8) is 0 Å². The highest BCUT2D eigenvalue weighted by Crippen LogP contribution is 2.35. The van der Waals surface area contributed by atoms with E-state index in [0.29, 0.717) is 35.2 Å². The molecule has 0 heterocycles. The summed E-state index contributed by atoms with van der Waals surface area (Å²) in [6.45, 7) is 7.49. The number of nitrogens with one attached hydrogen (secondary N) is 1. The molecule has 3 rings (SSSR count). The minimum absolute atomic E-state index is 0.214. The summed E-state index contributed by atoms with van der Waals surface area (Å²) in [5, 5.41) is 3.78. The van der Waals surface area contributed by atoms with Crippen molar-refractivity contribution in [2.24, 2.45) is 0 Å². The van der Waals surface area contributed by atoms with E-state index in [9.17, 15) is 4.39 Å². The lowest BCUT2D eigenvalue weighted by atomic mass is 10.1. The van der Waals surface area contributed by atoms with Crippen LogP contribution in [0.5, 0.6) is 11.5 Å². The van der Waals surface area contributed by atoms with Gasteiger partial charge in [0.1, 0.15) is 12.4 Å². The van der Waals surface area contributed by atoms with Crippen molar-refractivity contribution in [3.8, 4) is 11.5 Å². The zero-order valence-corrected chi connectivity index (χ0v) is 19.5. The predicted octanol–water partition coefficient (Wildman–Crippen LogP) is 7.45. The Balaban J connectivity index is 1.76. The molecule has 3 aromatic carbocycles. The first-order valence-electron chi connectivity index (χ1n) is 9.70. The van der Waals surface area contributed by atoms with Gasteiger partial charge in [0.25, 0.3) is 0 Å². The molecule has 6 heteroatoms. The fourth-order valence-corrected chi connectivity index (χ4v) is 3.62. The molecule has 30 heavy (non-hydrogen) atoms. The van der Waals surface area contributed by atoms with Gasteiger partial charge in [-0.15, -0.1) is 0 Å². The Morgan fingerprint density at radius 3 is 2.40 bits per heavy atom. The first-order chi connectivity index (χ1) is 14.4. The molecule has 0 aliphatic carbocycles. The summed E-state index contributed by atoms with van der Waals surface area (Å²) in [5.41, 5.74) is 5.33. The molecule has 3 nitrogen and oxygen atoms in total.